The highest BCUT2D eigenvalue weighted by Gasteiger charge is 2.31. The predicted molar refractivity (Wildman–Crippen MR) is 120 cm³/mol. The number of ether oxygens (including phenoxy) is 1. The van der Waals surface area contributed by atoms with Crippen LogP contribution in [0.5, 0.6) is 5.88 Å². The Morgan fingerprint density at radius 1 is 1.26 bits per heavy atom. The highest BCUT2D eigenvalue weighted by Crippen LogP contribution is 2.29. The second kappa shape index (κ2) is 10.7. The number of hydrogen-bond donors (Lipinski definition) is 0. The maximum absolute atomic E-state index is 13.3. The summed E-state index contributed by atoms with van der Waals surface area (Å²) in [7, 11) is 3.62. The van der Waals surface area contributed by atoms with Crippen molar-refractivity contribution in [1.29, 1.82) is 0 Å². The first-order chi connectivity index (χ1) is 16.1. The van der Waals surface area contributed by atoms with Gasteiger partial charge >= 0.3 is 6.18 Å². The zero-order valence-corrected chi connectivity index (χ0v) is 19.7. The van der Waals surface area contributed by atoms with Gasteiger partial charge in [-0.05, 0) is 38.3 Å². The lowest BCUT2D eigenvalue weighted by Crippen LogP contribution is -2.41. The average molecular weight is 479 g/mol. The molecule has 2 aromatic heterocycles. The van der Waals surface area contributed by atoms with Crippen molar-refractivity contribution in [2.24, 2.45) is 0 Å². The van der Waals surface area contributed by atoms with Crippen molar-refractivity contribution in [2.45, 2.75) is 51.4 Å². The molecule has 0 saturated carbocycles. The molecular weight excluding hydrogens is 449 g/mol. The van der Waals surface area contributed by atoms with Gasteiger partial charge in [0.25, 0.3) is 5.91 Å². The number of pyridine rings is 1. The molecule has 2 atom stereocenters. The Kier molecular flexibility index (Phi) is 7.95. The monoisotopic (exact) mass is 478 g/mol. The van der Waals surface area contributed by atoms with E-state index in [-0.39, 0.29) is 23.9 Å². The summed E-state index contributed by atoms with van der Waals surface area (Å²) in [4.78, 5) is 22.1. The Balaban J connectivity index is 1.58. The minimum atomic E-state index is -4.43. The highest BCUT2D eigenvalue weighted by molar-refractivity contribution is 5.99. The van der Waals surface area contributed by atoms with Gasteiger partial charge in [-0.1, -0.05) is 13.0 Å². The molecule has 8 nitrogen and oxygen atoms in total. The number of carbonyl (C=O) groups is 1. The molecular formula is C23H29F3N6O2. The molecule has 0 saturated heterocycles. The molecule has 2 aromatic rings. The van der Waals surface area contributed by atoms with Crippen LogP contribution in [0.15, 0.2) is 48.6 Å². The van der Waals surface area contributed by atoms with Crippen LogP contribution in [0, 0.1) is 0 Å². The summed E-state index contributed by atoms with van der Waals surface area (Å²) in [5.41, 5.74) is 0.310. The number of hydrogen-bond acceptors (Lipinski definition) is 6. The number of aromatic nitrogens is 4. The molecule has 0 aromatic carbocycles. The topological polar surface area (TPSA) is 76.4 Å². The van der Waals surface area contributed by atoms with Crippen LogP contribution < -0.4 is 4.74 Å². The first-order valence-corrected chi connectivity index (χ1v) is 11.1. The van der Waals surface area contributed by atoms with E-state index in [1.54, 1.807) is 24.3 Å². The number of nitrogens with zero attached hydrogens (tertiary/aromatic N) is 6. The van der Waals surface area contributed by atoms with E-state index in [4.69, 9.17) is 4.74 Å². The van der Waals surface area contributed by atoms with Gasteiger partial charge in [-0.3, -0.25) is 4.79 Å². The number of alkyl halides is 3. The van der Waals surface area contributed by atoms with Crippen molar-refractivity contribution in [3.05, 3.63) is 54.1 Å². The molecule has 0 fully saturated rings. The smallest absolute Gasteiger partial charge is 0.417 e. The summed E-state index contributed by atoms with van der Waals surface area (Å²) in [5.74, 6) is -0.0109. The molecule has 11 heteroatoms. The molecule has 0 radical (unpaired) electrons. The number of allylic oxidation sites excluding steroid dienone is 2. The standard InChI is InChI=1S/C23H29F3N6O2/c1-5-18-9-10-19(32-28-12-13-29-32)21(31(18)4)22(33)30(3)14-6-7-16(2)34-20-11-8-17(15-27-20)23(24,25)26/h8-13,15-16,18H,5-7,14H2,1-4H3/t16-,18?/m0/s1. The Morgan fingerprint density at radius 2 is 1.97 bits per heavy atom. The number of halogens is 3. The van der Waals surface area contributed by atoms with Gasteiger partial charge in [0.15, 0.2) is 0 Å². The fourth-order valence-electron chi connectivity index (χ4n) is 3.71. The summed E-state index contributed by atoms with van der Waals surface area (Å²) >= 11 is 0. The van der Waals surface area contributed by atoms with Crippen LogP contribution in [0.2, 0.25) is 0 Å². The quantitative estimate of drug-likeness (QED) is 0.545. The van der Waals surface area contributed by atoms with E-state index >= 15 is 0 Å². The molecule has 0 spiro atoms. The van der Waals surface area contributed by atoms with Crippen molar-refractivity contribution < 1.29 is 22.7 Å². The minimum Gasteiger partial charge on any atom is -0.475 e. The van der Waals surface area contributed by atoms with E-state index in [1.807, 2.05) is 31.0 Å². The van der Waals surface area contributed by atoms with Gasteiger partial charge < -0.3 is 14.5 Å². The second-order valence-corrected chi connectivity index (χ2v) is 8.18. The molecule has 1 amide bonds. The van der Waals surface area contributed by atoms with Crippen LogP contribution in [0.25, 0.3) is 5.70 Å². The van der Waals surface area contributed by atoms with E-state index in [1.165, 1.54) is 10.9 Å². The third-order valence-electron chi connectivity index (χ3n) is 5.66. The third-order valence-corrected chi connectivity index (χ3v) is 5.66. The van der Waals surface area contributed by atoms with E-state index in [0.29, 0.717) is 30.8 Å². The summed E-state index contributed by atoms with van der Waals surface area (Å²) in [5, 5.41) is 8.35. The Hall–Kier alpha value is -3.37. The lowest BCUT2D eigenvalue weighted by molar-refractivity contribution is -0.137. The molecule has 184 valence electrons. The predicted octanol–water partition coefficient (Wildman–Crippen LogP) is 3.85. The molecule has 1 aliphatic heterocycles. The van der Waals surface area contributed by atoms with E-state index < -0.39 is 11.7 Å². The van der Waals surface area contributed by atoms with E-state index in [2.05, 4.69) is 22.1 Å². The third kappa shape index (κ3) is 5.95. The number of amides is 1. The lowest BCUT2D eigenvalue weighted by atomic mass is 10.1. The van der Waals surface area contributed by atoms with Gasteiger partial charge in [0.1, 0.15) is 11.4 Å². The lowest BCUT2D eigenvalue weighted by Gasteiger charge is -2.34. The fraction of sp³-hybridized carbons (Fsp3) is 0.478. The van der Waals surface area contributed by atoms with Crippen LogP contribution in [-0.2, 0) is 11.0 Å². The average Bonchev–Trinajstić information content (AvgIpc) is 3.33. The van der Waals surface area contributed by atoms with Crippen LogP contribution in [0.3, 0.4) is 0 Å². The Morgan fingerprint density at radius 3 is 2.56 bits per heavy atom. The van der Waals surface area contributed by atoms with Crippen molar-refractivity contribution in [1.82, 2.24) is 29.8 Å². The SMILES string of the molecule is CCC1C=CC(n2nccn2)=C(C(=O)N(C)CCC[C@H](C)Oc2ccc(C(F)(F)F)cn2)N1C. The first kappa shape index (κ1) is 25.3. The molecule has 0 N–H and O–H groups in total. The minimum absolute atomic E-state index is 0.0938. The number of likely N-dealkylation sites (N-methyl/N-ethyl adjacent to an activating group) is 2. The first-order valence-electron chi connectivity index (χ1n) is 11.1. The van der Waals surface area contributed by atoms with E-state index in [9.17, 15) is 18.0 Å². The summed E-state index contributed by atoms with van der Waals surface area (Å²) in [6.07, 6.45) is 5.16. The van der Waals surface area contributed by atoms with Crippen molar-refractivity contribution in [3.8, 4) is 5.88 Å². The molecule has 1 unspecified atom stereocenters. The van der Waals surface area contributed by atoms with E-state index in [0.717, 1.165) is 18.7 Å². The molecule has 3 heterocycles. The molecule has 0 aliphatic carbocycles. The normalized spacial score (nSPS) is 17.1. The maximum Gasteiger partial charge on any atom is 0.417 e. The van der Waals surface area contributed by atoms with Gasteiger partial charge in [0.2, 0.25) is 5.88 Å². The fourth-order valence-corrected chi connectivity index (χ4v) is 3.71. The highest BCUT2D eigenvalue weighted by atomic mass is 19.4. The number of rotatable bonds is 9. The Bertz CT molecular complexity index is 1020. The molecule has 34 heavy (non-hydrogen) atoms. The van der Waals surface area contributed by atoms with Crippen molar-refractivity contribution in [3.63, 3.8) is 0 Å². The molecule has 1 aliphatic rings. The zero-order valence-electron chi connectivity index (χ0n) is 19.7. The van der Waals surface area contributed by atoms with Crippen LogP contribution in [-0.4, -0.2) is 68.5 Å². The van der Waals surface area contributed by atoms with Crippen LogP contribution >= 0.6 is 0 Å². The van der Waals surface area contributed by atoms with Crippen LogP contribution in [0.1, 0.15) is 38.7 Å². The number of carbonyl (C=O) groups excluding carboxylic acids is 1. The maximum atomic E-state index is 13.3. The van der Waals surface area contributed by atoms with Gasteiger partial charge in [-0.2, -0.15) is 23.4 Å². The van der Waals surface area contributed by atoms with Gasteiger partial charge in [0.05, 0.1) is 24.1 Å². The van der Waals surface area contributed by atoms with Crippen LogP contribution in [0.4, 0.5) is 13.2 Å². The molecule has 0 bridgehead atoms. The Labute approximate surface area is 196 Å². The second-order valence-electron chi connectivity index (χ2n) is 8.18. The zero-order chi connectivity index (χ0) is 24.9. The van der Waals surface area contributed by atoms with Crippen molar-refractivity contribution >= 4 is 11.6 Å². The summed E-state index contributed by atoms with van der Waals surface area (Å²) < 4.78 is 43.6. The van der Waals surface area contributed by atoms with Gasteiger partial charge in [-0.25, -0.2) is 4.98 Å². The van der Waals surface area contributed by atoms with Gasteiger partial charge in [-0.15, -0.1) is 4.80 Å². The summed E-state index contributed by atoms with van der Waals surface area (Å²) in [6, 6.07) is 2.25. The molecule has 3 rings (SSSR count). The van der Waals surface area contributed by atoms with Gasteiger partial charge in [0, 0.05) is 38.9 Å². The van der Waals surface area contributed by atoms with Crippen molar-refractivity contribution in [2.75, 3.05) is 20.6 Å². The largest absolute Gasteiger partial charge is 0.475 e. The summed E-state index contributed by atoms with van der Waals surface area (Å²) in [6.45, 7) is 4.35.